The molecule has 0 bridgehead atoms. The number of carbonyl (C=O) groups is 1. The Labute approximate surface area is 185 Å². The van der Waals surface area contributed by atoms with Crippen LogP contribution in [0.1, 0.15) is 28.9 Å². The zero-order chi connectivity index (χ0) is 20.9. The molecule has 1 amide bonds. The number of pyridine rings is 1. The third-order valence-corrected chi connectivity index (χ3v) is 6.08. The molecule has 1 N–H and O–H groups in total. The first-order chi connectivity index (χ1) is 14.6. The van der Waals surface area contributed by atoms with E-state index in [0.29, 0.717) is 28.1 Å². The molecular weight excluding hydrogens is 421 g/mol. The van der Waals surface area contributed by atoms with Gasteiger partial charge >= 0.3 is 0 Å². The number of aromatic nitrogens is 3. The zero-order valence-corrected chi connectivity index (χ0v) is 18.0. The molecule has 0 radical (unpaired) electrons. The molecular formula is C22H23Cl2N5O. The number of halogens is 2. The van der Waals surface area contributed by atoms with Gasteiger partial charge in [-0.15, -0.1) is 0 Å². The van der Waals surface area contributed by atoms with Crippen molar-refractivity contribution >= 4 is 29.1 Å². The van der Waals surface area contributed by atoms with E-state index in [1.54, 1.807) is 29.1 Å². The fourth-order valence-corrected chi connectivity index (χ4v) is 3.95. The van der Waals surface area contributed by atoms with E-state index in [4.69, 9.17) is 23.2 Å². The lowest BCUT2D eigenvalue weighted by molar-refractivity contribution is 0.0690. The van der Waals surface area contributed by atoms with Gasteiger partial charge in [-0.2, -0.15) is 5.10 Å². The number of hydrogen-bond acceptors (Lipinski definition) is 4. The second-order valence-electron chi connectivity index (χ2n) is 7.43. The van der Waals surface area contributed by atoms with Gasteiger partial charge < -0.3 is 10.2 Å². The first-order valence-electron chi connectivity index (χ1n) is 10.0. The molecule has 0 atom stereocenters. The van der Waals surface area contributed by atoms with Gasteiger partial charge in [-0.1, -0.05) is 29.3 Å². The third kappa shape index (κ3) is 5.01. The molecule has 156 valence electrons. The number of rotatable bonds is 6. The quantitative estimate of drug-likeness (QED) is 0.619. The van der Waals surface area contributed by atoms with Gasteiger partial charge in [0.2, 0.25) is 0 Å². The maximum Gasteiger partial charge on any atom is 0.253 e. The van der Waals surface area contributed by atoms with Gasteiger partial charge in [0.15, 0.2) is 5.82 Å². The average molecular weight is 444 g/mol. The normalized spacial score (nSPS) is 14.8. The smallest absolute Gasteiger partial charge is 0.253 e. The first kappa shape index (κ1) is 20.8. The molecule has 8 heteroatoms. The number of benzene rings is 1. The molecule has 1 aromatic carbocycles. The van der Waals surface area contributed by atoms with Crippen molar-refractivity contribution < 1.29 is 4.79 Å². The molecule has 1 aliphatic rings. The van der Waals surface area contributed by atoms with Gasteiger partial charge in [-0.3, -0.25) is 4.79 Å². The minimum absolute atomic E-state index is 0.0135. The lowest BCUT2D eigenvalue weighted by atomic mass is 9.96. The summed E-state index contributed by atoms with van der Waals surface area (Å²) in [5.41, 5.74) is 1.57. The van der Waals surface area contributed by atoms with E-state index in [1.165, 1.54) is 0 Å². The highest BCUT2D eigenvalue weighted by Crippen LogP contribution is 2.25. The molecule has 0 spiro atoms. The van der Waals surface area contributed by atoms with Crippen LogP contribution in [0.25, 0.3) is 5.82 Å². The lowest BCUT2D eigenvalue weighted by Gasteiger charge is -2.32. The second-order valence-corrected chi connectivity index (χ2v) is 8.25. The van der Waals surface area contributed by atoms with Gasteiger partial charge in [0, 0.05) is 37.6 Å². The van der Waals surface area contributed by atoms with E-state index in [2.05, 4.69) is 15.4 Å². The van der Waals surface area contributed by atoms with Crippen molar-refractivity contribution in [3.05, 3.63) is 76.2 Å². The number of nitrogens with one attached hydrogen (secondary N) is 1. The van der Waals surface area contributed by atoms with Crippen LogP contribution in [0.15, 0.2) is 54.9 Å². The van der Waals surface area contributed by atoms with Gasteiger partial charge in [0.05, 0.1) is 15.7 Å². The Balaban J connectivity index is 1.24. The number of nitrogens with zero attached hydrogens (tertiary/aromatic N) is 4. The SMILES string of the molecule is O=C(c1ccc(Cl)c(Cl)c1)N1CCC(CNCc2cccc(-n3cccn3)n2)CC1. The van der Waals surface area contributed by atoms with Crippen molar-refractivity contribution in [3.8, 4) is 5.82 Å². The largest absolute Gasteiger partial charge is 0.339 e. The lowest BCUT2D eigenvalue weighted by Crippen LogP contribution is -2.40. The van der Waals surface area contributed by atoms with Crippen LogP contribution in [0.5, 0.6) is 0 Å². The van der Waals surface area contributed by atoms with E-state index in [0.717, 1.165) is 44.0 Å². The zero-order valence-electron chi connectivity index (χ0n) is 16.5. The van der Waals surface area contributed by atoms with Crippen molar-refractivity contribution in [1.82, 2.24) is 25.0 Å². The minimum Gasteiger partial charge on any atom is -0.339 e. The maximum atomic E-state index is 12.7. The molecule has 4 rings (SSSR count). The van der Waals surface area contributed by atoms with Crippen LogP contribution < -0.4 is 5.32 Å². The van der Waals surface area contributed by atoms with Crippen LogP contribution in [0.4, 0.5) is 0 Å². The van der Waals surface area contributed by atoms with E-state index in [1.807, 2.05) is 35.4 Å². The molecule has 30 heavy (non-hydrogen) atoms. The van der Waals surface area contributed by atoms with E-state index >= 15 is 0 Å². The molecule has 1 saturated heterocycles. The van der Waals surface area contributed by atoms with E-state index in [9.17, 15) is 4.79 Å². The molecule has 0 aliphatic carbocycles. The van der Waals surface area contributed by atoms with Crippen LogP contribution in [0, 0.1) is 5.92 Å². The first-order valence-corrected chi connectivity index (χ1v) is 10.8. The van der Waals surface area contributed by atoms with Crippen LogP contribution >= 0.6 is 23.2 Å². The highest BCUT2D eigenvalue weighted by Gasteiger charge is 2.23. The Hall–Kier alpha value is -2.41. The average Bonchev–Trinajstić information content (AvgIpc) is 3.31. The van der Waals surface area contributed by atoms with E-state index in [-0.39, 0.29) is 5.91 Å². The topological polar surface area (TPSA) is 63.1 Å². The summed E-state index contributed by atoms with van der Waals surface area (Å²) in [6.07, 6.45) is 5.57. The van der Waals surface area contributed by atoms with Crippen LogP contribution in [0.2, 0.25) is 10.0 Å². The predicted molar refractivity (Wildman–Crippen MR) is 118 cm³/mol. The standard InChI is InChI=1S/C22H23Cl2N5O/c23-19-6-5-17(13-20(19)24)22(30)28-11-7-16(8-12-28)14-25-15-18-3-1-4-21(27-18)29-10-2-9-26-29/h1-6,9-10,13,16,25H,7-8,11-12,14-15H2. The Kier molecular flexibility index (Phi) is 6.67. The molecule has 0 saturated carbocycles. The van der Waals surface area contributed by atoms with Gasteiger partial charge in [0.25, 0.3) is 5.91 Å². The van der Waals surface area contributed by atoms with Crippen molar-refractivity contribution in [2.45, 2.75) is 19.4 Å². The number of hydrogen-bond donors (Lipinski definition) is 1. The van der Waals surface area contributed by atoms with Gasteiger partial charge in [-0.05, 0) is 61.7 Å². The molecule has 1 fully saturated rings. The summed E-state index contributed by atoms with van der Waals surface area (Å²) in [6, 6.07) is 12.9. The number of carbonyl (C=O) groups excluding carboxylic acids is 1. The van der Waals surface area contributed by atoms with Crippen molar-refractivity contribution in [2.75, 3.05) is 19.6 Å². The second kappa shape index (κ2) is 9.60. The summed E-state index contributed by atoms with van der Waals surface area (Å²) in [5.74, 6) is 1.37. The Morgan fingerprint density at radius 3 is 2.67 bits per heavy atom. The highest BCUT2D eigenvalue weighted by atomic mass is 35.5. The van der Waals surface area contributed by atoms with Gasteiger partial charge in [-0.25, -0.2) is 9.67 Å². The maximum absolute atomic E-state index is 12.7. The summed E-state index contributed by atoms with van der Waals surface area (Å²) in [5, 5.41) is 8.60. The minimum atomic E-state index is 0.0135. The Bertz CT molecular complexity index is 1000. The Morgan fingerprint density at radius 2 is 1.93 bits per heavy atom. The summed E-state index contributed by atoms with van der Waals surface area (Å²) < 4.78 is 1.75. The summed E-state index contributed by atoms with van der Waals surface area (Å²) in [7, 11) is 0. The molecule has 6 nitrogen and oxygen atoms in total. The highest BCUT2D eigenvalue weighted by molar-refractivity contribution is 6.42. The predicted octanol–water partition coefficient (Wildman–Crippen LogP) is 4.22. The summed E-state index contributed by atoms with van der Waals surface area (Å²) in [6.45, 7) is 3.11. The molecule has 3 heterocycles. The number of amides is 1. The third-order valence-electron chi connectivity index (χ3n) is 5.34. The molecule has 3 aromatic rings. The monoisotopic (exact) mass is 443 g/mol. The fraction of sp³-hybridized carbons (Fsp3) is 0.318. The molecule has 2 aromatic heterocycles. The molecule has 1 aliphatic heterocycles. The summed E-state index contributed by atoms with van der Waals surface area (Å²) >= 11 is 12.0. The fourth-order valence-electron chi connectivity index (χ4n) is 3.65. The van der Waals surface area contributed by atoms with Crippen LogP contribution in [0.3, 0.4) is 0 Å². The van der Waals surface area contributed by atoms with Gasteiger partial charge in [0.1, 0.15) is 0 Å². The van der Waals surface area contributed by atoms with Crippen molar-refractivity contribution in [2.24, 2.45) is 5.92 Å². The van der Waals surface area contributed by atoms with Crippen LogP contribution in [-0.4, -0.2) is 45.2 Å². The van der Waals surface area contributed by atoms with Crippen molar-refractivity contribution in [3.63, 3.8) is 0 Å². The number of likely N-dealkylation sites (tertiary alicyclic amines) is 1. The van der Waals surface area contributed by atoms with Crippen molar-refractivity contribution in [1.29, 1.82) is 0 Å². The Morgan fingerprint density at radius 1 is 1.10 bits per heavy atom. The van der Waals surface area contributed by atoms with E-state index < -0.39 is 0 Å². The summed E-state index contributed by atoms with van der Waals surface area (Å²) in [4.78, 5) is 19.2. The molecule has 0 unspecified atom stereocenters. The van der Waals surface area contributed by atoms with Crippen LogP contribution in [-0.2, 0) is 6.54 Å². The number of piperidine rings is 1.